The van der Waals surface area contributed by atoms with Gasteiger partial charge in [0.05, 0.1) is 17.9 Å². The Morgan fingerprint density at radius 2 is 2.12 bits per heavy atom. The van der Waals surface area contributed by atoms with Crippen molar-refractivity contribution in [2.24, 2.45) is 5.92 Å². The van der Waals surface area contributed by atoms with E-state index in [2.05, 4.69) is 31.9 Å². The van der Waals surface area contributed by atoms with Crippen molar-refractivity contribution in [2.45, 2.75) is 26.2 Å². The first-order chi connectivity index (χ1) is 12.2. The zero-order chi connectivity index (χ0) is 17.2. The zero-order valence-electron chi connectivity index (χ0n) is 14.4. The van der Waals surface area contributed by atoms with Gasteiger partial charge in [-0.3, -0.25) is 4.79 Å². The van der Waals surface area contributed by atoms with Crippen LogP contribution in [-0.2, 0) is 6.42 Å². The zero-order valence-corrected chi connectivity index (χ0v) is 14.4. The Kier molecular flexibility index (Phi) is 4.31. The Morgan fingerprint density at radius 1 is 1.28 bits per heavy atom. The van der Waals surface area contributed by atoms with Gasteiger partial charge < -0.3 is 9.88 Å². The van der Waals surface area contributed by atoms with Crippen LogP contribution in [0.4, 0.5) is 0 Å². The van der Waals surface area contributed by atoms with E-state index in [1.165, 1.54) is 37.8 Å². The van der Waals surface area contributed by atoms with Gasteiger partial charge >= 0.3 is 0 Å². The molecule has 0 aliphatic carbocycles. The molecule has 1 aliphatic heterocycles. The SMILES string of the molecule is CC1CCN(CCc2cnn(-c3nccc4c(=O)[nH]cnc34)c2)CC1. The Hall–Kier alpha value is -2.54. The average Bonchev–Trinajstić information content (AvgIpc) is 3.10. The number of hydrogen-bond acceptors (Lipinski definition) is 5. The molecule has 0 spiro atoms. The molecule has 3 aromatic heterocycles. The van der Waals surface area contributed by atoms with Crippen LogP contribution in [0.3, 0.4) is 0 Å². The summed E-state index contributed by atoms with van der Waals surface area (Å²) in [5.74, 6) is 1.44. The summed E-state index contributed by atoms with van der Waals surface area (Å²) in [4.78, 5) is 25.7. The largest absolute Gasteiger partial charge is 0.313 e. The number of likely N-dealkylation sites (tertiary alicyclic amines) is 1. The van der Waals surface area contributed by atoms with Gasteiger partial charge in [-0.1, -0.05) is 6.92 Å². The highest BCUT2D eigenvalue weighted by atomic mass is 16.1. The van der Waals surface area contributed by atoms with Crippen LogP contribution in [0.1, 0.15) is 25.3 Å². The first-order valence-electron chi connectivity index (χ1n) is 8.79. The number of nitrogens with zero attached hydrogens (tertiary/aromatic N) is 5. The minimum Gasteiger partial charge on any atom is -0.313 e. The van der Waals surface area contributed by atoms with E-state index >= 15 is 0 Å². The van der Waals surface area contributed by atoms with Crippen LogP contribution >= 0.6 is 0 Å². The van der Waals surface area contributed by atoms with E-state index < -0.39 is 0 Å². The Morgan fingerprint density at radius 3 is 2.96 bits per heavy atom. The molecule has 0 aromatic carbocycles. The molecule has 0 atom stereocenters. The molecule has 1 aliphatic rings. The van der Waals surface area contributed by atoms with Crippen LogP contribution in [-0.4, -0.2) is 49.3 Å². The van der Waals surface area contributed by atoms with Crippen molar-refractivity contribution in [1.82, 2.24) is 29.6 Å². The van der Waals surface area contributed by atoms with Gasteiger partial charge in [0.1, 0.15) is 5.52 Å². The van der Waals surface area contributed by atoms with E-state index in [0.717, 1.165) is 18.9 Å². The molecule has 4 heterocycles. The highest BCUT2D eigenvalue weighted by molar-refractivity contribution is 5.83. The third kappa shape index (κ3) is 3.32. The molecule has 1 saturated heterocycles. The molecule has 0 saturated carbocycles. The number of nitrogens with one attached hydrogen (secondary N) is 1. The van der Waals surface area contributed by atoms with Crippen LogP contribution in [0.5, 0.6) is 0 Å². The molecule has 3 aromatic rings. The third-order valence-electron chi connectivity index (χ3n) is 4.98. The summed E-state index contributed by atoms with van der Waals surface area (Å²) >= 11 is 0. The van der Waals surface area contributed by atoms with Gasteiger partial charge in [0, 0.05) is 18.9 Å². The summed E-state index contributed by atoms with van der Waals surface area (Å²) in [6.07, 6.45) is 10.4. The second-order valence-electron chi connectivity index (χ2n) is 6.83. The van der Waals surface area contributed by atoms with Crippen LogP contribution in [0.15, 0.2) is 35.8 Å². The second kappa shape index (κ2) is 6.76. The molecule has 4 rings (SSSR count). The molecule has 0 radical (unpaired) electrons. The quantitative estimate of drug-likeness (QED) is 0.784. The van der Waals surface area contributed by atoms with E-state index in [0.29, 0.717) is 16.7 Å². The summed E-state index contributed by atoms with van der Waals surface area (Å²) in [6.45, 7) is 5.76. The van der Waals surface area contributed by atoms with Crippen molar-refractivity contribution in [3.05, 3.63) is 46.9 Å². The Labute approximate surface area is 145 Å². The lowest BCUT2D eigenvalue weighted by Gasteiger charge is -2.29. The van der Waals surface area contributed by atoms with Gasteiger partial charge in [-0.05, 0) is 49.9 Å². The fraction of sp³-hybridized carbons (Fsp3) is 0.444. The van der Waals surface area contributed by atoms with Gasteiger partial charge in [0.25, 0.3) is 5.56 Å². The minimum absolute atomic E-state index is 0.166. The number of rotatable bonds is 4. The van der Waals surface area contributed by atoms with Crippen molar-refractivity contribution in [2.75, 3.05) is 19.6 Å². The molecule has 1 fully saturated rings. The molecule has 0 unspecified atom stereocenters. The van der Waals surface area contributed by atoms with Gasteiger partial charge in [0.15, 0.2) is 5.82 Å². The Bertz CT molecular complexity index is 922. The smallest absolute Gasteiger partial charge is 0.258 e. The fourth-order valence-electron chi connectivity index (χ4n) is 3.33. The van der Waals surface area contributed by atoms with Gasteiger partial charge in [-0.2, -0.15) is 5.10 Å². The molecule has 1 N–H and O–H groups in total. The van der Waals surface area contributed by atoms with Crippen LogP contribution in [0.2, 0.25) is 0 Å². The first kappa shape index (κ1) is 16.0. The molecular weight excluding hydrogens is 316 g/mol. The summed E-state index contributed by atoms with van der Waals surface area (Å²) in [7, 11) is 0. The summed E-state index contributed by atoms with van der Waals surface area (Å²) in [6, 6.07) is 1.67. The highest BCUT2D eigenvalue weighted by Gasteiger charge is 2.16. The number of aromatic amines is 1. The first-order valence-corrected chi connectivity index (χ1v) is 8.79. The van der Waals surface area contributed by atoms with E-state index in [1.807, 2.05) is 12.4 Å². The molecule has 25 heavy (non-hydrogen) atoms. The molecule has 7 nitrogen and oxygen atoms in total. The summed E-state index contributed by atoms with van der Waals surface area (Å²) in [5.41, 5.74) is 1.56. The number of fused-ring (bicyclic) bond motifs is 1. The number of pyridine rings is 1. The Balaban J connectivity index is 1.52. The van der Waals surface area contributed by atoms with Crippen molar-refractivity contribution < 1.29 is 0 Å². The number of hydrogen-bond donors (Lipinski definition) is 1. The van der Waals surface area contributed by atoms with Crippen LogP contribution in [0.25, 0.3) is 16.7 Å². The fourth-order valence-corrected chi connectivity index (χ4v) is 3.33. The molecule has 7 heteroatoms. The number of H-pyrrole nitrogens is 1. The predicted octanol–water partition coefficient (Wildman–Crippen LogP) is 1.78. The second-order valence-corrected chi connectivity index (χ2v) is 6.83. The van der Waals surface area contributed by atoms with Crippen molar-refractivity contribution in [3.63, 3.8) is 0 Å². The molecule has 130 valence electrons. The van der Waals surface area contributed by atoms with Gasteiger partial charge in [0.2, 0.25) is 0 Å². The topological polar surface area (TPSA) is 79.7 Å². The van der Waals surface area contributed by atoms with Gasteiger partial charge in [-0.15, -0.1) is 0 Å². The third-order valence-corrected chi connectivity index (χ3v) is 4.98. The molecule has 0 amide bonds. The standard InChI is InChI=1S/C18H22N6O/c1-13-3-7-23(8-4-13)9-5-14-10-22-24(11-14)17-16-15(2-6-19-17)18(25)21-12-20-16/h2,6,10-13H,3-5,7-9H2,1H3,(H,20,21,25). The number of piperidine rings is 1. The summed E-state index contributed by atoms with van der Waals surface area (Å²) < 4.78 is 1.71. The monoisotopic (exact) mass is 338 g/mol. The van der Waals surface area contributed by atoms with E-state index in [4.69, 9.17) is 0 Å². The van der Waals surface area contributed by atoms with Crippen LogP contribution < -0.4 is 5.56 Å². The van der Waals surface area contributed by atoms with Crippen molar-refractivity contribution in [1.29, 1.82) is 0 Å². The van der Waals surface area contributed by atoms with Gasteiger partial charge in [-0.25, -0.2) is 14.6 Å². The van der Waals surface area contributed by atoms with E-state index in [9.17, 15) is 4.79 Å². The predicted molar refractivity (Wildman–Crippen MR) is 95.8 cm³/mol. The maximum atomic E-state index is 11.9. The number of aromatic nitrogens is 5. The van der Waals surface area contributed by atoms with Crippen molar-refractivity contribution in [3.8, 4) is 5.82 Å². The lowest BCUT2D eigenvalue weighted by atomic mass is 9.99. The minimum atomic E-state index is -0.166. The lowest BCUT2D eigenvalue weighted by molar-refractivity contribution is 0.194. The maximum Gasteiger partial charge on any atom is 0.258 e. The molecule has 0 bridgehead atoms. The maximum absolute atomic E-state index is 11.9. The van der Waals surface area contributed by atoms with Crippen LogP contribution in [0, 0.1) is 5.92 Å². The summed E-state index contributed by atoms with van der Waals surface area (Å²) in [5, 5.41) is 4.95. The normalized spacial score (nSPS) is 16.5. The lowest BCUT2D eigenvalue weighted by Crippen LogP contribution is -2.34. The van der Waals surface area contributed by atoms with Crippen molar-refractivity contribution >= 4 is 10.9 Å². The highest BCUT2D eigenvalue weighted by Crippen LogP contribution is 2.17. The average molecular weight is 338 g/mol. The van der Waals surface area contributed by atoms with E-state index in [-0.39, 0.29) is 5.56 Å². The molecular formula is C18H22N6O. The van der Waals surface area contributed by atoms with E-state index in [1.54, 1.807) is 16.9 Å².